The van der Waals surface area contributed by atoms with E-state index in [0.29, 0.717) is 0 Å². The van der Waals surface area contributed by atoms with Crippen LogP contribution in [0.3, 0.4) is 0 Å². The Morgan fingerprint density at radius 2 is 1.92 bits per heavy atom. The molecular weight excluding hydrogens is 348 g/mol. The molecule has 2 N–H and O–H groups in total. The number of carbonyl (C=O) groups excluding carboxylic acids is 2. The van der Waals surface area contributed by atoms with Gasteiger partial charge in [-0.25, -0.2) is 9.18 Å². The van der Waals surface area contributed by atoms with E-state index in [2.05, 4.69) is 10.1 Å². The highest BCUT2D eigenvalue weighted by molar-refractivity contribution is 5.83. The molecule has 2 rings (SSSR count). The summed E-state index contributed by atoms with van der Waals surface area (Å²) in [4.78, 5) is 24.2. The molecule has 10 heteroatoms. The Kier molecular flexibility index (Phi) is 4.94. The molecule has 138 valence electrons. The van der Waals surface area contributed by atoms with E-state index in [-0.39, 0.29) is 17.1 Å². The lowest BCUT2D eigenvalue weighted by Gasteiger charge is -2.49. The maximum Gasteiger partial charge on any atom is 0.437 e. The van der Waals surface area contributed by atoms with Crippen LogP contribution < -0.4 is 5.32 Å². The molecule has 1 fully saturated rings. The summed E-state index contributed by atoms with van der Waals surface area (Å²) >= 11 is 0. The number of urea groups is 1. The number of alkyl halides is 3. The van der Waals surface area contributed by atoms with Gasteiger partial charge in [0.15, 0.2) is 0 Å². The summed E-state index contributed by atoms with van der Waals surface area (Å²) in [5.41, 5.74) is -3.77. The van der Waals surface area contributed by atoms with Gasteiger partial charge in [-0.15, -0.1) is 0 Å². The van der Waals surface area contributed by atoms with Crippen LogP contribution in [0.2, 0.25) is 0 Å². The summed E-state index contributed by atoms with van der Waals surface area (Å²) in [6.07, 6.45) is -5.34. The minimum absolute atomic E-state index is 0.00854. The third-order valence-corrected chi connectivity index (χ3v) is 4.05. The molecule has 0 spiro atoms. The molecule has 1 aromatic rings. The predicted octanol–water partition coefficient (Wildman–Crippen LogP) is 1.95. The molecule has 1 aliphatic heterocycles. The molecule has 0 bridgehead atoms. The van der Waals surface area contributed by atoms with Gasteiger partial charge in [0.2, 0.25) is 0 Å². The van der Waals surface area contributed by atoms with Gasteiger partial charge in [-0.3, -0.25) is 9.69 Å². The highest BCUT2D eigenvalue weighted by Crippen LogP contribution is 2.46. The first-order valence-corrected chi connectivity index (χ1v) is 7.29. The second kappa shape index (κ2) is 6.51. The van der Waals surface area contributed by atoms with E-state index in [1.165, 1.54) is 6.92 Å². The van der Waals surface area contributed by atoms with E-state index in [0.717, 1.165) is 31.3 Å². The summed E-state index contributed by atoms with van der Waals surface area (Å²) in [5, 5.41) is 12.6. The van der Waals surface area contributed by atoms with Crippen LogP contribution in [-0.2, 0) is 9.53 Å². The van der Waals surface area contributed by atoms with Gasteiger partial charge in [-0.05, 0) is 24.6 Å². The zero-order valence-electron chi connectivity index (χ0n) is 13.3. The van der Waals surface area contributed by atoms with Crippen LogP contribution in [0.1, 0.15) is 18.5 Å². The standard InChI is InChI=1S/C15H16F4N2O4/c1-3-25-12(22)10-11(8-4-6-9(16)7-5-8)20-13(23)21(2)14(10,24)15(17,18)19/h4-7,10-11,24H,3H2,1-2H3,(H,20,23). The topological polar surface area (TPSA) is 78.9 Å². The van der Waals surface area contributed by atoms with Gasteiger partial charge < -0.3 is 15.2 Å². The molecule has 1 saturated heterocycles. The lowest BCUT2D eigenvalue weighted by atomic mass is 9.81. The first-order valence-electron chi connectivity index (χ1n) is 7.29. The quantitative estimate of drug-likeness (QED) is 0.635. The van der Waals surface area contributed by atoms with Crippen molar-refractivity contribution in [1.29, 1.82) is 0 Å². The average Bonchev–Trinajstić information content (AvgIpc) is 2.52. The highest BCUT2D eigenvalue weighted by atomic mass is 19.4. The first-order chi connectivity index (χ1) is 11.5. The largest absolute Gasteiger partial charge is 0.466 e. The third kappa shape index (κ3) is 3.13. The fraction of sp³-hybridized carbons (Fsp3) is 0.467. The SMILES string of the molecule is CCOC(=O)C1C(c2ccc(F)cc2)NC(=O)N(C)C1(O)C(F)(F)F. The highest BCUT2D eigenvalue weighted by Gasteiger charge is 2.69. The fourth-order valence-corrected chi connectivity index (χ4v) is 2.75. The van der Waals surface area contributed by atoms with E-state index >= 15 is 0 Å². The number of hydrogen-bond donors (Lipinski definition) is 2. The molecule has 3 atom stereocenters. The van der Waals surface area contributed by atoms with Crippen molar-refractivity contribution in [1.82, 2.24) is 10.2 Å². The summed E-state index contributed by atoms with van der Waals surface area (Å²) < 4.78 is 58.6. The number of aliphatic hydroxyl groups is 1. The number of rotatable bonds is 3. The number of ether oxygens (including phenoxy) is 1. The van der Waals surface area contributed by atoms with Crippen molar-refractivity contribution in [2.75, 3.05) is 13.7 Å². The number of hydrogen-bond acceptors (Lipinski definition) is 4. The van der Waals surface area contributed by atoms with Gasteiger partial charge in [0.1, 0.15) is 11.7 Å². The van der Waals surface area contributed by atoms with Crippen LogP contribution in [0.5, 0.6) is 0 Å². The van der Waals surface area contributed by atoms with Crippen molar-refractivity contribution in [3.8, 4) is 0 Å². The van der Waals surface area contributed by atoms with Crippen LogP contribution in [-0.4, -0.2) is 47.6 Å². The van der Waals surface area contributed by atoms with Gasteiger partial charge in [0.25, 0.3) is 5.72 Å². The van der Waals surface area contributed by atoms with Crippen LogP contribution in [0.25, 0.3) is 0 Å². The molecule has 2 amide bonds. The van der Waals surface area contributed by atoms with Gasteiger partial charge in [-0.2, -0.15) is 13.2 Å². The molecule has 0 aliphatic carbocycles. The molecule has 25 heavy (non-hydrogen) atoms. The van der Waals surface area contributed by atoms with E-state index in [1.54, 1.807) is 0 Å². The third-order valence-electron chi connectivity index (χ3n) is 4.05. The normalized spacial score (nSPS) is 27.0. The van der Waals surface area contributed by atoms with Crippen molar-refractivity contribution >= 4 is 12.0 Å². The number of nitrogens with zero attached hydrogens (tertiary/aromatic N) is 1. The van der Waals surface area contributed by atoms with Crippen molar-refractivity contribution in [2.24, 2.45) is 5.92 Å². The molecule has 1 aliphatic rings. The fourth-order valence-electron chi connectivity index (χ4n) is 2.75. The van der Waals surface area contributed by atoms with E-state index in [1.807, 2.05) is 0 Å². The summed E-state index contributed by atoms with van der Waals surface area (Å²) in [5.74, 6) is -4.20. The van der Waals surface area contributed by atoms with Crippen LogP contribution in [0.4, 0.5) is 22.4 Å². The Morgan fingerprint density at radius 1 is 1.36 bits per heavy atom. The summed E-state index contributed by atoms with van der Waals surface area (Å²) in [6.45, 7) is 1.17. The van der Waals surface area contributed by atoms with Crippen LogP contribution >= 0.6 is 0 Å². The molecule has 1 heterocycles. The molecule has 0 radical (unpaired) electrons. The van der Waals surface area contributed by atoms with Crippen molar-refractivity contribution < 1.29 is 37.0 Å². The molecular formula is C15H16F4N2O4. The maximum atomic E-state index is 13.6. The summed E-state index contributed by atoms with van der Waals surface area (Å²) in [6, 6.07) is 1.37. The minimum atomic E-state index is -5.34. The molecule has 1 aromatic carbocycles. The number of carbonyl (C=O) groups is 2. The van der Waals surface area contributed by atoms with Crippen molar-refractivity contribution in [3.63, 3.8) is 0 Å². The van der Waals surface area contributed by atoms with E-state index in [9.17, 15) is 32.3 Å². The Labute approximate surface area is 140 Å². The second-order valence-electron chi connectivity index (χ2n) is 5.49. The van der Waals surface area contributed by atoms with E-state index < -0.39 is 41.7 Å². The average molecular weight is 364 g/mol. The van der Waals surface area contributed by atoms with Crippen LogP contribution in [0.15, 0.2) is 24.3 Å². The minimum Gasteiger partial charge on any atom is -0.466 e. The monoisotopic (exact) mass is 364 g/mol. The van der Waals surface area contributed by atoms with Crippen molar-refractivity contribution in [2.45, 2.75) is 24.9 Å². The maximum absolute atomic E-state index is 13.6. The Bertz CT molecular complexity index is 664. The zero-order chi connectivity index (χ0) is 19.0. The molecule has 0 aromatic heterocycles. The van der Waals surface area contributed by atoms with Gasteiger partial charge >= 0.3 is 18.2 Å². The lowest BCUT2D eigenvalue weighted by Crippen LogP contribution is -2.73. The molecule has 3 unspecified atom stereocenters. The van der Waals surface area contributed by atoms with Gasteiger partial charge in [0.05, 0.1) is 12.6 Å². The van der Waals surface area contributed by atoms with E-state index in [4.69, 9.17) is 0 Å². The Balaban J connectivity index is 2.62. The first kappa shape index (κ1) is 19.0. The van der Waals surface area contributed by atoms with Crippen molar-refractivity contribution in [3.05, 3.63) is 35.6 Å². The zero-order valence-corrected chi connectivity index (χ0v) is 13.3. The summed E-state index contributed by atoms with van der Waals surface area (Å²) in [7, 11) is 0.718. The Hall–Kier alpha value is -2.36. The van der Waals surface area contributed by atoms with Crippen LogP contribution in [0, 0.1) is 11.7 Å². The van der Waals surface area contributed by atoms with Gasteiger partial charge in [-0.1, -0.05) is 12.1 Å². The second-order valence-corrected chi connectivity index (χ2v) is 5.49. The molecule has 6 nitrogen and oxygen atoms in total. The number of halogens is 4. The smallest absolute Gasteiger partial charge is 0.437 e. The number of esters is 1. The number of nitrogens with one attached hydrogen (secondary N) is 1. The number of benzene rings is 1. The molecule has 0 saturated carbocycles. The Morgan fingerprint density at radius 3 is 2.40 bits per heavy atom. The predicted molar refractivity (Wildman–Crippen MR) is 76.6 cm³/mol. The number of amides is 2. The lowest BCUT2D eigenvalue weighted by molar-refractivity contribution is -0.328. The van der Waals surface area contributed by atoms with Gasteiger partial charge in [0, 0.05) is 7.05 Å².